The van der Waals surface area contributed by atoms with Crippen LogP contribution in [0.15, 0.2) is 36.5 Å². The van der Waals surface area contributed by atoms with Crippen molar-refractivity contribution >= 4 is 29.2 Å². The van der Waals surface area contributed by atoms with Crippen molar-refractivity contribution in [3.8, 4) is 0 Å². The topological polar surface area (TPSA) is 79.3 Å². The summed E-state index contributed by atoms with van der Waals surface area (Å²) in [5.74, 6) is -1.62. The third-order valence-electron chi connectivity index (χ3n) is 2.70. The molecule has 2 rings (SSSR count). The van der Waals surface area contributed by atoms with Gasteiger partial charge in [-0.3, -0.25) is 9.78 Å². The molecule has 20 heavy (non-hydrogen) atoms. The average molecular weight is 291 g/mol. The van der Waals surface area contributed by atoms with Gasteiger partial charge < -0.3 is 10.4 Å². The number of aryl methyl sites for hydroxylation is 1. The van der Waals surface area contributed by atoms with Crippen molar-refractivity contribution in [2.75, 3.05) is 5.32 Å². The van der Waals surface area contributed by atoms with Crippen LogP contribution in [0.1, 0.15) is 26.4 Å². The number of hydrogen-bond acceptors (Lipinski definition) is 3. The summed E-state index contributed by atoms with van der Waals surface area (Å²) in [7, 11) is 0. The number of amides is 1. The van der Waals surface area contributed by atoms with E-state index in [0.29, 0.717) is 10.6 Å². The largest absolute Gasteiger partial charge is 0.478 e. The highest BCUT2D eigenvalue weighted by atomic mass is 35.5. The maximum Gasteiger partial charge on any atom is 0.337 e. The molecule has 2 N–H and O–H groups in total. The van der Waals surface area contributed by atoms with Gasteiger partial charge in [0.15, 0.2) is 0 Å². The molecule has 0 saturated carbocycles. The number of para-hydroxylation sites is 1. The first kappa shape index (κ1) is 14.0. The van der Waals surface area contributed by atoms with E-state index < -0.39 is 11.9 Å². The molecule has 0 bridgehead atoms. The zero-order chi connectivity index (χ0) is 14.7. The molecule has 102 valence electrons. The quantitative estimate of drug-likeness (QED) is 0.911. The molecule has 6 heteroatoms. The van der Waals surface area contributed by atoms with E-state index in [0.717, 1.165) is 0 Å². The molecule has 1 amide bonds. The standard InChI is InChI=1S/C14H11ClN2O3/c1-8-3-2-4-10(14(19)20)12(8)17-13(18)11-7-9(15)5-6-16-11/h2-7H,1H3,(H,17,18)(H,19,20). The van der Waals surface area contributed by atoms with E-state index in [1.165, 1.54) is 18.3 Å². The molecule has 0 atom stereocenters. The van der Waals surface area contributed by atoms with E-state index in [4.69, 9.17) is 16.7 Å². The third-order valence-corrected chi connectivity index (χ3v) is 2.93. The zero-order valence-corrected chi connectivity index (χ0v) is 11.3. The molecule has 0 aliphatic heterocycles. The number of nitrogens with zero attached hydrogens (tertiary/aromatic N) is 1. The number of hydrogen-bond donors (Lipinski definition) is 2. The van der Waals surface area contributed by atoms with Gasteiger partial charge in [-0.15, -0.1) is 0 Å². The normalized spacial score (nSPS) is 10.1. The fraction of sp³-hybridized carbons (Fsp3) is 0.0714. The van der Waals surface area contributed by atoms with Gasteiger partial charge >= 0.3 is 5.97 Å². The van der Waals surface area contributed by atoms with Crippen molar-refractivity contribution in [2.45, 2.75) is 6.92 Å². The molecule has 5 nitrogen and oxygen atoms in total. The van der Waals surface area contributed by atoms with Gasteiger partial charge in [0.1, 0.15) is 5.69 Å². The minimum Gasteiger partial charge on any atom is -0.478 e. The van der Waals surface area contributed by atoms with Crippen molar-refractivity contribution in [1.82, 2.24) is 4.98 Å². The van der Waals surface area contributed by atoms with E-state index in [9.17, 15) is 9.59 Å². The second kappa shape index (κ2) is 5.71. The number of halogens is 1. The predicted octanol–water partition coefficient (Wildman–Crippen LogP) is 2.99. The Morgan fingerprint density at radius 3 is 2.70 bits per heavy atom. The summed E-state index contributed by atoms with van der Waals surface area (Å²) in [4.78, 5) is 27.1. The van der Waals surface area contributed by atoms with Crippen LogP contribution in [0, 0.1) is 6.92 Å². The van der Waals surface area contributed by atoms with Crippen LogP contribution in [0.25, 0.3) is 0 Å². The first-order chi connectivity index (χ1) is 9.49. The van der Waals surface area contributed by atoms with E-state index in [-0.39, 0.29) is 16.9 Å². The van der Waals surface area contributed by atoms with Crippen molar-refractivity contribution in [3.63, 3.8) is 0 Å². The number of benzene rings is 1. The summed E-state index contributed by atoms with van der Waals surface area (Å²) in [5.41, 5.74) is 1.06. The van der Waals surface area contributed by atoms with Crippen LogP contribution in [0.5, 0.6) is 0 Å². The van der Waals surface area contributed by atoms with E-state index >= 15 is 0 Å². The Bertz CT molecular complexity index is 686. The molecule has 0 saturated heterocycles. The summed E-state index contributed by atoms with van der Waals surface area (Å²) in [6.07, 6.45) is 1.41. The lowest BCUT2D eigenvalue weighted by Crippen LogP contribution is -2.17. The molecule has 1 aromatic heterocycles. The summed E-state index contributed by atoms with van der Waals surface area (Å²) >= 11 is 5.79. The molecule has 1 heterocycles. The smallest absolute Gasteiger partial charge is 0.337 e. The van der Waals surface area contributed by atoms with E-state index in [1.54, 1.807) is 25.1 Å². The zero-order valence-electron chi connectivity index (χ0n) is 10.6. The van der Waals surface area contributed by atoms with Gasteiger partial charge in [0.25, 0.3) is 5.91 Å². The number of anilines is 1. The van der Waals surface area contributed by atoms with Crippen LogP contribution < -0.4 is 5.32 Å². The molecular weight excluding hydrogens is 280 g/mol. The van der Waals surface area contributed by atoms with Gasteiger partial charge in [-0.05, 0) is 30.7 Å². The second-order valence-electron chi connectivity index (χ2n) is 4.12. The maximum atomic E-state index is 12.1. The second-order valence-corrected chi connectivity index (χ2v) is 4.55. The van der Waals surface area contributed by atoms with Crippen molar-refractivity contribution < 1.29 is 14.7 Å². The number of aromatic carboxylic acids is 1. The van der Waals surface area contributed by atoms with Gasteiger partial charge in [-0.1, -0.05) is 23.7 Å². The Morgan fingerprint density at radius 1 is 1.30 bits per heavy atom. The lowest BCUT2D eigenvalue weighted by Gasteiger charge is -2.11. The Labute approximate surface area is 120 Å². The average Bonchev–Trinajstić information content (AvgIpc) is 2.40. The molecule has 0 radical (unpaired) electrons. The number of nitrogens with one attached hydrogen (secondary N) is 1. The molecule has 0 aliphatic carbocycles. The maximum absolute atomic E-state index is 12.1. The fourth-order valence-electron chi connectivity index (χ4n) is 1.72. The van der Waals surface area contributed by atoms with Crippen LogP contribution in [0.3, 0.4) is 0 Å². The Kier molecular flexibility index (Phi) is 4.00. The fourth-order valence-corrected chi connectivity index (χ4v) is 1.88. The van der Waals surface area contributed by atoms with E-state index in [2.05, 4.69) is 10.3 Å². The highest BCUT2D eigenvalue weighted by Crippen LogP contribution is 2.21. The lowest BCUT2D eigenvalue weighted by molar-refractivity contribution is 0.0698. The van der Waals surface area contributed by atoms with Crippen LogP contribution in [-0.2, 0) is 0 Å². The van der Waals surface area contributed by atoms with E-state index in [1.807, 2.05) is 0 Å². The third kappa shape index (κ3) is 2.95. The number of carboxylic acid groups (broad SMARTS) is 1. The van der Waals surface area contributed by atoms with Gasteiger partial charge in [0, 0.05) is 11.2 Å². The Morgan fingerprint density at radius 2 is 2.05 bits per heavy atom. The Balaban J connectivity index is 2.35. The van der Waals surface area contributed by atoms with Gasteiger partial charge in [-0.2, -0.15) is 0 Å². The van der Waals surface area contributed by atoms with Crippen molar-refractivity contribution in [1.29, 1.82) is 0 Å². The predicted molar refractivity (Wildman–Crippen MR) is 75.3 cm³/mol. The molecule has 0 aliphatic rings. The van der Waals surface area contributed by atoms with Gasteiger partial charge in [0.2, 0.25) is 0 Å². The molecule has 0 fully saturated rings. The number of carboxylic acids is 1. The molecule has 0 unspecified atom stereocenters. The first-order valence-corrected chi connectivity index (χ1v) is 6.12. The minimum atomic E-state index is -1.11. The van der Waals surface area contributed by atoms with Crippen LogP contribution in [-0.4, -0.2) is 22.0 Å². The number of carbonyl (C=O) groups is 2. The molecular formula is C14H11ClN2O3. The van der Waals surface area contributed by atoms with Crippen molar-refractivity contribution in [3.05, 3.63) is 58.4 Å². The SMILES string of the molecule is Cc1cccc(C(=O)O)c1NC(=O)c1cc(Cl)ccn1. The number of pyridine rings is 1. The molecule has 1 aromatic carbocycles. The summed E-state index contributed by atoms with van der Waals surface area (Å²) in [6, 6.07) is 7.72. The highest BCUT2D eigenvalue weighted by molar-refractivity contribution is 6.31. The number of aromatic nitrogens is 1. The van der Waals surface area contributed by atoms with Gasteiger partial charge in [0.05, 0.1) is 11.3 Å². The molecule has 0 spiro atoms. The van der Waals surface area contributed by atoms with Gasteiger partial charge in [-0.25, -0.2) is 4.79 Å². The molecule has 2 aromatic rings. The van der Waals surface area contributed by atoms with Crippen LogP contribution in [0.4, 0.5) is 5.69 Å². The highest BCUT2D eigenvalue weighted by Gasteiger charge is 2.16. The monoisotopic (exact) mass is 290 g/mol. The van der Waals surface area contributed by atoms with Crippen LogP contribution in [0.2, 0.25) is 5.02 Å². The summed E-state index contributed by atoms with van der Waals surface area (Å²) < 4.78 is 0. The first-order valence-electron chi connectivity index (χ1n) is 5.75. The number of carbonyl (C=O) groups excluding carboxylic acids is 1. The number of rotatable bonds is 3. The van der Waals surface area contributed by atoms with Crippen LogP contribution >= 0.6 is 11.6 Å². The minimum absolute atomic E-state index is 0.0281. The van der Waals surface area contributed by atoms with Crippen molar-refractivity contribution in [2.24, 2.45) is 0 Å². The lowest BCUT2D eigenvalue weighted by atomic mass is 10.1. The summed E-state index contributed by atoms with van der Waals surface area (Å²) in [5, 5.41) is 12.1. The Hall–Kier alpha value is -2.40. The summed E-state index contributed by atoms with van der Waals surface area (Å²) in [6.45, 7) is 1.72.